The summed E-state index contributed by atoms with van der Waals surface area (Å²) in [7, 11) is 0. The highest BCUT2D eigenvalue weighted by molar-refractivity contribution is 14.1. The highest BCUT2D eigenvalue weighted by Crippen LogP contribution is 2.56. The maximum Gasteiger partial charge on any atom is 0.435 e. The van der Waals surface area contributed by atoms with E-state index in [9.17, 15) is 40.8 Å². The molecule has 2 aromatic carbocycles. The van der Waals surface area contributed by atoms with E-state index in [0.717, 1.165) is 24.3 Å². The normalized spacial score (nSPS) is 12.9. The second-order valence-corrected chi connectivity index (χ2v) is 7.18. The van der Waals surface area contributed by atoms with Gasteiger partial charge in [-0.25, -0.2) is 4.39 Å². The second kappa shape index (κ2) is 8.07. The van der Waals surface area contributed by atoms with Crippen LogP contribution in [0.5, 0.6) is 0 Å². The Hall–Kier alpha value is -1.92. The molecule has 29 heavy (non-hydrogen) atoms. The summed E-state index contributed by atoms with van der Waals surface area (Å²) in [5, 5.41) is 10.8. The van der Waals surface area contributed by atoms with Crippen molar-refractivity contribution in [1.29, 1.82) is 0 Å². The van der Waals surface area contributed by atoms with Gasteiger partial charge in [0.05, 0.1) is 4.92 Å². The second-order valence-electron chi connectivity index (χ2n) is 6.11. The van der Waals surface area contributed by atoms with Crippen LogP contribution in [-0.2, 0) is 12.1 Å². The first-order valence-corrected chi connectivity index (χ1v) is 9.14. The quantitative estimate of drug-likeness (QED) is 0.181. The van der Waals surface area contributed by atoms with Crippen LogP contribution < -0.4 is 0 Å². The van der Waals surface area contributed by atoms with Crippen molar-refractivity contribution in [2.45, 2.75) is 37.8 Å². The molecule has 0 aromatic heterocycles. The summed E-state index contributed by atoms with van der Waals surface area (Å²) >= 11 is 1.48. The molecule has 11 heteroatoms. The summed E-state index contributed by atoms with van der Waals surface area (Å²) in [4.78, 5) is 9.98. The van der Waals surface area contributed by atoms with Crippen LogP contribution in [0.4, 0.5) is 36.4 Å². The molecule has 0 spiro atoms. The number of hydrogen-bond acceptors (Lipinski definition) is 2. The minimum absolute atomic E-state index is 0.00640. The minimum atomic E-state index is -6.28. The highest BCUT2D eigenvalue weighted by Gasteiger charge is 2.74. The minimum Gasteiger partial charge on any atom is -0.258 e. The zero-order valence-corrected chi connectivity index (χ0v) is 16.7. The summed E-state index contributed by atoms with van der Waals surface area (Å²) < 4.78 is 95.2. The molecule has 0 saturated carbocycles. The predicted octanol–water partition coefficient (Wildman–Crippen LogP) is 6.91. The molecule has 0 aliphatic carbocycles. The van der Waals surface area contributed by atoms with E-state index in [-0.39, 0.29) is 21.1 Å². The molecule has 0 heterocycles. The fourth-order valence-corrected chi connectivity index (χ4v) is 3.73. The Morgan fingerprint density at radius 2 is 1.55 bits per heavy atom. The average molecular weight is 534 g/mol. The first-order valence-electron chi connectivity index (χ1n) is 8.06. The Balaban J connectivity index is 2.89. The molecule has 0 unspecified atom stereocenters. The van der Waals surface area contributed by atoms with E-state index in [2.05, 4.69) is 6.07 Å². The highest BCUT2D eigenvalue weighted by atomic mass is 127. The van der Waals surface area contributed by atoms with E-state index in [4.69, 9.17) is 0 Å². The van der Waals surface area contributed by atoms with Gasteiger partial charge in [-0.3, -0.25) is 10.1 Å². The van der Waals surface area contributed by atoms with Crippen LogP contribution in [0.15, 0.2) is 30.3 Å². The average Bonchev–Trinajstić information content (AvgIpc) is 2.59. The zero-order valence-electron chi connectivity index (χ0n) is 14.6. The number of non-ortho nitro benzene ring substituents is 1. The third-order valence-electron chi connectivity index (χ3n) is 4.12. The molecular formula is C18H12F7INO2. The molecule has 0 aliphatic rings. The third kappa shape index (κ3) is 4.33. The number of benzene rings is 2. The number of rotatable bonds is 5. The molecule has 3 nitrogen and oxygen atoms in total. The van der Waals surface area contributed by atoms with Gasteiger partial charge in [-0.15, -0.1) is 0 Å². The molecule has 0 N–H and O–H groups in total. The number of nitrogens with zero attached hydrogens (tertiary/aromatic N) is 1. The standard InChI is InChI=1S/C18H12F7INO2/c1-2-3-10-8-13(16(19,17(20,21)22)18(23,24)25)15(14(26)9-10)11-4-6-12(7-5-11)27(28)29/h4-8H,2-3H2,1H3. The largest absolute Gasteiger partial charge is 0.435 e. The lowest BCUT2D eigenvalue weighted by Crippen LogP contribution is -2.50. The van der Waals surface area contributed by atoms with E-state index >= 15 is 0 Å². The van der Waals surface area contributed by atoms with Gasteiger partial charge in [-0.05, 0) is 52.3 Å². The van der Waals surface area contributed by atoms with Crippen molar-refractivity contribution in [3.8, 4) is 11.1 Å². The van der Waals surface area contributed by atoms with Gasteiger partial charge in [0.1, 0.15) is 0 Å². The molecule has 0 atom stereocenters. The van der Waals surface area contributed by atoms with Gasteiger partial charge in [0.15, 0.2) is 0 Å². The van der Waals surface area contributed by atoms with Crippen LogP contribution in [0.25, 0.3) is 11.1 Å². The molecular weight excluding hydrogens is 522 g/mol. The third-order valence-corrected chi connectivity index (χ3v) is 4.93. The van der Waals surface area contributed by atoms with Gasteiger partial charge in [0, 0.05) is 32.9 Å². The van der Waals surface area contributed by atoms with Crippen molar-refractivity contribution in [1.82, 2.24) is 0 Å². The van der Waals surface area contributed by atoms with Crippen LogP contribution in [0, 0.1) is 19.8 Å². The lowest BCUT2D eigenvalue weighted by molar-refractivity contribution is -0.384. The maximum atomic E-state index is 14.9. The van der Waals surface area contributed by atoms with Crippen molar-refractivity contribution >= 4 is 28.3 Å². The van der Waals surface area contributed by atoms with Gasteiger partial charge in [0.25, 0.3) is 5.69 Å². The smallest absolute Gasteiger partial charge is 0.258 e. The molecule has 0 bridgehead atoms. The fraction of sp³-hybridized carbons (Fsp3) is 0.333. The number of hydrogen-bond donors (Lipinski definition) is 0. The molecule has 1 radical (unpaired) electrons. The SMILES string of the molecule is CCCc1[c]c(I)c(-c2ccc([N+](=O)[O-])cc2)c(C(F)(C(F)(F)F)C(F)(F)F)c1. The molecule has 0 amide bonds. The first-order chi connectivity index (χ1) is 13.2. The van der Waals surface area contributed by atoms with E-state index in [1.807, 2.05) is 0 Å². The van der Waals surface area contributed by atoms with Gasteiger partial charge < -0.3 is 0 Å². The van der Waals surface area contributed by atoms with Gasteiger partial charge in [-0.1, -0.05) is 19.4 Å². The van der Waals surface area contributed by atoms with Crippen LogP contribution in [0.2, 0.25) is 0 Å². The zero-order chi connectivity index (χ0) is 22.2. The number of nitro benzene ring substituents is 1. The Morgan fingerprint density at radius 1 is 1.03 bits per heavy atom. The maximum absolute atomic E-state index is 14.9. The predicted molar refractivity (Wildman–Crippen MR) is 99.0 cm³/mol. The van der Waals surface area contributed by atoms with Crippen molar-refractivity contribution < 1.29 is 35.7 Å². The van der Waals surface area contributed by atoms with Crippen molar-refractivity contribution in [3.63, 3.8) is 0 Å². The van der Waals surface area contributed by atoms with E-state index in [1.54, 1.807) is 6.92 Å². The van der Waals surface area contributed by atoms with Crippen LogP contribution in [-0.4, -0.2) is 17.3 Å². The van der Waals surface area contributed by atoms with E-state index in [0.29, 0.717) is 12.5 Å². The van der Waals surface area contributed by atoms with Crippen LogP contribution in [0.1, 0.15) is 24.5 Å². The van der Waals surface area contributed by atoms with Crippen molar-refractivity contribution in [3.05, 3.63) is 61.2 Å². The first kappa shape index (κ1) is 23.4. The Labute approximate surface area is 174 Å². The van der Waals surface area contributed by atoms with E-state index < -0.39 is 39.8 Å². The monoisotopic (exact) mass is 534 g/mol. The summed E-state index contributed by atoms with van der Waals surface area (Å²) in [6, 6.07) is 6.97. The Morgan fingerprint density at radius 3 is 1.97 bits per heavy atom. The molecule has 2 aromatic rings. The molecule has 0 fully saturated rings. The van der Waals surface area contributed by atoms with Crippen LogP contribution in [0.3, 0.4) is 0 Å². The topological polar surface area (TPSA) is 43.1 Å². The number of alkyl halides is 7. The molecule has 2 rings (SSSR count). The van der Waals surface area contributed by atoms with Crippen molar-refractivity contribution in [2.24, 2.45) is 0 Å². The number of nitro groups is 1. The van der Waals surface area contributed by atoms with Gasteiger partial charge >= 0.3 is 18.0 Å². The summed E-state index contributed by atoms with van der Waals surface area (Å²) in [6.07, 6.45) is -12.1. The molecule has 0 aliphatic heterocycles. The summed E-state index contributed by atoms with van der Waals surface area (Å²) in [6.45, 7) is 1.65. The summed E-state index contributed by atoms with van der Waals surface area (Å²) in [5.41, 5.74) is -8.57. The molecule has 0 saturated heterocycles. The number of aryl methyl sites for hydroxylation is 1. The van der Waals surface area contributed by atoms with Gasteiger partial charge in [-0.2, -0.15) is 26.3 Å². The van der Waals surface area contributed by atoms with E-state index in [1.165, 1.54) is 22.6 Å². The summed E-state index contributed by atoms with van der Waals surface area (Å²) in [5.74, 6) is 0. The molecule has 157 valence electrons. The number of halogens is 8. The van der Waals surface area contributed by atoms with Crippen molar-refractivity contribution in [2.75, 3.05) is 0 Å². The van der Waals surface area contributed by atoms with Gasteiger partial charge in [0.2, 0.25) is 0 Å². The van der Waals surface area contributed by atoms with Crippen LogP contribution >= 0.6 is 22.6 Å². The Bertz CT molecular complexity index is 894. The fourth-order valence-electron chi connectivity index (χ4n) is 2.78. The lowest BCUT2D eigenvalue weighted by Gasteiger charge is -2.32. The Kier molecular flexibility index (Phi) is 6.50. The lowest BCUT2D eigenvalue weighted by atomic mass is 9.85.